The lowest BCUT2D eigenvalue weighted by Crippen LogP contribution is -2.19. The van der Waals surface area contributed by atoms with Crippen LogP contribution in [-0.2, 0) is 13.6 Å². The van der Waals surface area contributed by atoms with E-state index in [4.69, 9.17) is 0 Å². The molecule has 2 rings (SSSR count). The molecule has 0 aliphatic heterocycles. The Hall–Kier alpha value is -1.68. The Morgan fingerprint density at radius 3 is 2.60 bits per heavy atom. The fourth-order valence-corrected chi connectivity index (χ4v) is 2.38. The van der Waals surface area contributed by atoms with Crippen molar-refractivity contribution in [1.82, 2.24) is 14.7 Å². The van der Waals surface area contributed by atoms with Crippen LogP contribution >= 0.6 is 0 Å². The molecular weight excluding hydrogens is 253 g/mol. The number of rotatable bonds is 6. The fourth-order valence-electron chi connectivity index (χ4n) is 2.38. The van der Waals surface area contributed by atoms with Gasteiger partial charge in [-0.2, -0.15) is 5.10 Å². The highest BCUT2D eigenvalue weighted by molar-refractivity contribution is 5.63. The van der Waals surface area contributed by atoms with E-state index in [9.17, 15) is 4.39 Å². The van der Waals surface area contributed by atoms with E-state index < -0.39 is 0 Å². The van der Waals surface area contributed by atoms with Gasteiger partial charge in [-0.05, 0) is 44.3 Å². The topological polar surface area (TPSA) is 21.1 Å². The minimum Gasteiger partial charge on any atom is -0.302 e. The molecule has 20 heavy (non-hydrogen) atoms. The summed E-state index contributed by atoms with van der Waals surface area (Å²) in [7, 11) is 4.05. The van der Waals surface area contributed by atoms with Crippen molar-refractivity contribution in [3.63, 3.8) is 0 Å². The first-order valence-corrected chi connectivity index (χ1v) is 7.07. The maximum atomic E-state index is 13.0. The second-order valence-electron chi connectivity index (χ2n) is 5.24. The predicted molar refractivity (Wildman–Crippen MR) is 79.8 cm³/mol. The number of aryl methyl sites for hydroxylation is 1. The van der Waals surface area contributed by atoms with Gasteiger partial charge in [0.2, 0.25) is 0 Å². The molecule has 1 aromatic heterocycles. The molecule has 0 aliphatic rings. The SMILES string of the molecule is CCCCN(C)Cc1cnn(C)c1-c1ccc(F)cc1. The number of unbranched alkanes of at least 4 members (excludes halogenated alkanes) is 1. The Labute approximate surface area is 120 Å². The molecule has 1 heterocycles. The third-order valence-electron chi connectivity index (χ3n) is 3.47. The summed E-state index contributed by atoms with van der Waals surface area (Å²) in [6.45, 7) is 4.14. The maximum Gasteiger partial charge on any atom is 0.123 e. The van der Waals surface area contributed by atoms with E-state index in [1.54, 1.807) is 0 Å². The van der Waals surface area contributed by atoms with Gasteiger partial charge in [-0.25, -0.2) is 4.39 Å². The largest absolute Gasteiger partial charge is 0.302 e. The van der Waals surface area contributed by atoms with Crippen molar-refractivity contribution in [1.29, 1.82) is 0 Å². The zero-order valence-corrected chi connectivity index (χ0v) is 12.4. The second-order valence-corrected chi connectivity index (χ2v) is 5.24. The molecule has 0 aliphatic carbocycles. The number of aromatic nitrogens is 2. The first-order chi connectivity index (χ1) is 9.61. The van der Waals surface area contributed by atoms with E-state index in [1.807, 2.05) is 30.1 Å². The molecule has 0 amide bonds. The first-order valence-electron chi connectivity index (χ1n) is 7.07. The van der Waals surface area contributed by atoms with Gasteiger partial charge in [0.05, 0.1) is 11.9 Å². The molecule has 0 bridgehead atoms. The Morgan fingerprint density at radius 2 is 1.95 bits per heavy atom. The lowest BCUT2D eigenvalue weighted by molar-refractivity contribution is 0.321. The molecule has 0 saturated heterocycles. The average Bonchev–Trinajstić information content (AvgIpc) is 2.78. The van der Waals surface area contributed by atoms with E-state index in [0.29, 0.717) is 0 Å². The lowest BCUT2D eigenvalue weighted by Gasteiger charge is -2.16. The van der Waals surface area contributed by atoms with Gasteiger partial charge < -0.3 is 4.90 Å². The Balaban J connectivity index is 2.21. The molecule has 0 unspecified atom stereocenters. The van der Waals surface area contributed by atoms with Crippen LogP contribution in [0.25, 0.3) is 11.3 Å². The Bertz CT molecular complexity index is 545. The van der Waals surface area contributed by atoms with Gasteiger partial charge in [0.15, 0.2) is 0 Å². The highest BCUT2D eigenvalue weighted by Gasteiger charge is 2.12. The molecule has 0 radical (unpaired) electrons. The molecule has 1 aromatic carbocycles. The highest BCUT2D eigenvalue weighted by atomic mass is 19.1. The van der Waals surface area contributed by atoms with Gasteiger partial charge in [0.25, 0.3) is 0 Å². The summed E-state index contributed by atoms with van der Waals surface area (Å²) in [6, 6.07) is 6.60. The van der Waals surface area contributed by atoms with E-state index >= 15 is 0 Å². The minimum atomic E-state index is -0.211. The zero-order valence-electron chi connectivity index (χ0n) is 12.4. The Kier molecular flexibility index (Phi) is 4.90. The molecule has 108 valence electrons. The summed E-state index contributed by atoms with van der Waals surface area (Å²) in [4.78, 5) is 2.30. The maximum absolute atomic E-state index is 13.0. The summed E-state index contributed by atoms with van der Waals surface area (Å²) in [5.74, 6) is -0.211. The van der Waals surface area contributed by atoms with Gasteiger partial charge in [-0.3, -0.25) is 4.68 Å². The van der Waals surface area contributed by atoms with Gasteiger partial charge in [-0.1, -0.05) is 13.3 Å². The number of hydrogen-bond acceptors (Lipinski definition) is 2. The van der Waals surface area contributed by atoms with E-state index in [0.717, 1.165) is 24.3 Å². The van der Waals surface area contributed by atoms with Crippen LogP contribution in [0.15, 0.2) is 30.5 Å². The fraction of sp³-hybridized carbons (Fsp3) is 0.438. The number of benzene rings is 1. The standard InChI is InChI=1S/C16H22FN3/c1-4-5-10-19(2)12-14-11-18-20(3)16(14)13-6-8-15(17)9-7-13/h6-9,11H,4-5,10,12H2,1-3H3. The summed E-state index contributed by atoms with van der Waals surface area (Å²) >= 11 is 0. The van der Waals surface area contributed by atoms with Crippen molar-refractivity contribution >= 4 is 0 Å². The van der Waals surface area contributed by atoms with E-state index in [1.165, 1.54) is 30.5 Å². The van der Waals surface area contributed by atoms with Crippen LogP contribution in [-0.4, -0.2) is 28.3 Å². The summed E-state index contributed by atoms with van der Waals surface area (Å²) in [5, 5.41) is 4.34. The zero-order chi connectivity index (χ0) is 14.5. The van der Waals surface area contributed by atoms with E-state index in [2.05, 4.69) is 24.0 Å². The number of nitrogens with zero attached hydrogens (tertiary/aromatic N) is 3. The van der Waals surface area contributed by atoms with Gasteiger partial charge in [0, 0.05) is 24.7 Å². The second kappa shape index (κ2) is 6.66. The van der Waals surface area contributed by atoms with Crippen molar-refractivity contribution in [2.75, 3.05) is 13.6 Å². The molecule has 0 fully saturated rings. The van der Waals surface area contributed by atoms with Crippen LogP contribution in [0.1, 0.15) is 25.3 Å². The van der Waals surface area contributed by atoms with Crippen molar-refractivity contribution in [3.8, 4) is 11.3 Å². The summed E-state index contributed by atoms with van der Waals surface area (Å²) in [5.41, 5.74) is 3.25. The third kappa shape index (κ3) is 3.45. The van der Waals surface area contributed by atoms with Crippen LogP contribution in [0.5, 0.6) is 0 Å². The molecule has 3 nitrogen and oxygen atoms in total. The Morgan fingerprint density at radius 1 is 1.25 bits per heavy atom. The summed E-state index contributed by atoms with van der Waals surface area (Å²) < 4.78 is 14.9. The normalized spacial score (nSPS) is 11.2. The number of halogens is 1. The van der Waals surface area contributed by atoms with Crippen LogP contribution in [0, 0.1) is 5.82 Å². The molecule has 4 heteroatoms. The molecule has 0 N–H and O–H groups in total. The molecule has 2 aromatic rings. The molecule has 0 saturated carbocycles. The quantitative estimate of drug-likeness (QED) is 0.805. The van der Waals surface area contributed by atoms with E-state index in [-0.39, 0.29) is 5.82 Å². The monoisotopic (exact) mass is 275 g/mol. The molecular formula is C16H22FN3. The first kappa shape index (κ1) is 14.7. The smallest absolute Gasteiger partial charge is 0.123 e. The lowest BCUT2D eigenvalue weighted by atomic mass is 10.1. The average molecular weight is 275 g/mol. The van der Waals surface area contributed by atoms with Gasteiger partial charge in [0.1, 0.15) is 5.82 Å². The predicted octanol–water partition coefficient (Wildman–Crippen LogP) is 3.46. The minimum absolute atomic E-state index is 0.211. The molecule has 0 spiro atoms. The number of hydrogen-bond donors (Lipinski definition) is 0. The van der Waals surface area contributed by atoms with Crippen LogP contribution < -0.4 is 0 Å². The molecule has 0 atom stereocenters. The van der Waals surface area contributed by atoms with Crippen LogP contribution in [0.4, 0.5) is 4.39 Å². The van der Waals surface area contributed by atoms with Crippen molar-refractivity contribution < 1.29 is 4.39 Å². The van der Waals surface area contributed by atoms with Crippen LogP contribution in [0.3, 0.4) is 0 Å². The summed E-state index contributed by atoms with van der Waals surface area (Å²) in [6.07, 6.45) is 4.30. The van der Waals surface area contributed by atoms with Crippen LogP contribution in [0.2, 0.25) is 0 Å². The van der Waals surface area contributed by atoms with Gasteiger partial charge >= 0.3 is 0 Å². The highest BCUT2D eigenvalue weighted by Crippen LogP contribution is 2.24. The van der Waals surface area contributed by atoms with Gasteiger partial charge in [-0.15, -0.1) is 0 Å². The van der Waals surface area contributed by atoms with Crippen molar-refractivity contribution in [2.45, 2.75) is 26.3 Å². The van der Waals surface area contributed by atoms with Crippen molar-refractivity contribution in [2.24, 2.45) is 7.05 Å². The third-order valence-corrected chi connectivity index (χ3v) is 3.47. The van der Waals surface area contributed by atoms with Crippen molar-refractivity contribution in [3.05, 3.63) is 41.8 Å².